The van der Waals surface area contributed by atoms with Crippen molar-refractivity contribution in [1.29, 1.82) is 0 Å². The second-order valence-electron chi connectivity index (χ2n) is 3.43. The Kier molecular flexibility index (Phi) is 3.94. The molecule has 0 aromatic heterocycles. The Hall–Kier alpha value is -1.26. The predicted molar refractivity (Wildman–Crippen MR) is 57.9 cm³/mol. The van der Waals surface area contributed by atoms with Gasteiger partial charge in [0, 0.05) is 0 Å². The van der Waals surface area contributed by atoms with Gasteiger partial charge < -0.3 is 20.7 Å². The molecule has 0 spiro atoms. The van der Waals surface area contributed by atoms with Crippen LogP contribution >= 0.6 is 0 Å². The molecule has 0 aliphatic heterocycles. The Balaban J connectivity index is 2.92. The number of phenolic OH excluding ortho intramolecular Hbond substituents is 1. The van der Waals surface area contributed by atoms with Crippen LogP contribution in [0.2, 0.25) is 0 Å². The molecule has 84 valence electrons. The predicted octanol–water partition coefficient (Wildman–Crippen LogP) is 1.17. The molecule has 4 nitrogen and oxygen atoms in total. The number of nitrogens with two attached hydrogens (primary N) is 1. The lowest BCUT2D eigenvalue weighted by atomic mass is 10.0. The summed E-state index contributed by atoms with van der Waals surface area (Å²) in [6.45, 7) is 1.86. The normalized spacial score (nSPS) is 14.7. The van der Waals surface area contributed by atoms with Gasteiger partial charge >= 0.3 is 0 Å². The van der Waals surface area contributed by atoms with Crippen molar-refractivity contribution >= 4 is 0 Å². The first-order valence-corrected chi connectivity index (χ1v) is 4.90. The number of ether oxygens (including phenoxy) is 1. The Bertz CT molecular complexity index is 328. The Morgan fingerprint density at radius 2 is 2.13 bits per heavy atom. The molecular weight excluding hydrogens is 194 g/mol. The van der Waals surface area contributed by atoms with Crippen LogP contribution in [-0.4, -0.2) is 23.4 Å². The van der Waals surface area contributed by atoms with Gasteiger partial charge in [-0.1, -0.05) is 13.0 Å². The van der Waals surface area contributed by atoms with Gasteiger partial charge in [0.15, 0.2) is 11.5 Å². The molecule has 1 rings (SSSR count). The number of aliphatic hydroxyl groups is 1. The zero-order chi connectivity index (χ0) is 11.4. The van der Waals surface area contributed by atoms with Crippen molar-refractivity contribution in [2.75, 3.05) is 7.11 Å². The van der Waals surface area contributed by atoms with Gasteiger partial charge in [-0.25, -0.2) is 0 Å². The van der Waals surface area contributed by atoms with Gasteiger partial charge in [0.25, 0.3) is 0 Å². The molecule has 0 saturated carbocycles. The third-order valence-electron chi connectivity index (χ3n) is 2.42. The maximum Gasteiger partial charge on any atom is 0.160 e. The average Bonchev–Trinajstić information content (AvgIpc) is 2.26. The number of aliphatic hydroxyl groups excluding tert-OH is 1. The Morgan fingerprint density at radius 3 is 2.60 bits per heavy atom. The fourth-order valence-corrected chi connectivity index (χ4v) is 1.39. The molecule has 0 bridgehead atoms. The minimum atomic E-state index is -0.599. The van der Waals surface area contributed by atoms with E-state index in [9.17, 15) is 10.2 Å². The molecule has 0 amide bonds. The number of hydrogen-bond acceptors (Lipinski definition) is 4. The molecule has 0 aliphatic rings. The van der Waals surface area contributed by atoms with E-state index in [1.807, 2.05) is 6.92 Å². The third kappa shape index (κ3) is 2.61. The van der Waals surface area contributed by atoms with Crippen LogP contribution in [0, 0.1) is 0 Å². The number of aromatic hydroxyl groups is 1. The zero-order valence-corrected chi connectivity index (χ0v) is 8.97. The summed E-state index contributed by atoms with van der Waals surface area (Å²) in [5, 5.41) is 19.1. The SMILES string of the molecule is CC[C@H](O)[C@H](N)c1ccc(OC)c(O)c1. The summed E-state index contributed by atoms with van der Waals surface area (Å²) in [5.41, 5.74) is 6.50. The maximum absolute atomic E-state index is 9.56. The highest BCUT2D eigenvalue weighted by atomic mass is 16.5. The van der Waals surface area contributed by atoms with Crippen LogP contribution in [0.25, 0.3) is 0 Å². The van der Waals surface area contributed by atoms with Gasteiger partial charge in [-0.3, -0.25) is 0 Å². The van der Waals surface area contributed by atoms with Gasteiger partial charge in [0.2, 0.25) is 0 Å². The molecule has 4 heteroatoms. The molecular formula is C11H17NO3. The van der Waals surface area contributed by atoms with Crippen molar-refractivity contribution in [1.82, 2.24) is 0 Å². The van der Waals surface area contributed by atoms with Crippen LogP contribution < -0.4 is 10.5 Å². The van der Waals surface area contributed by atoms with Crippen molar-refractivity contribution in [2.45, 2.75) is 25.5 Å². The van der Waals surface area contributed by atoms with Gasteiger partial charge in [0.1, 0.15) is 0 Å². The highest BCUT2D eigenvalue weighted by molar-refractivity contribution is 5.42. The van der Waals surface area contributed by atoms with Crippen LogP contribution in [-0.2, 0) is 0 Å². The highest BCUT2D eigenvalue weighted by Gasteiger charge is 2.16. The van der Waals surface area contributed by atoms with E-state index >= 15 is 0 Å². The van der Waals surface area contributed by atoms with Crippen LogP contribution in [0.5, 0.6) is 11.5 Å². The summed E-state index contributed by atoms with van der Waals surface area (Å²) >= 11 is 0. The first-order valence-electron chi connectivity index (χ1n) is 4.90. The fourth-order valence-electron chi connectivity index (χ4n) is 1.39. The smallest absolute Gasteiger partial charge is 0.160 e. The fraction of sp³-hybridized carbons (Fsp3) is 0.455. The van der Waals surface area contributed by atoms with Crippen molar-refractivity contribution in [3.05, 3.63) is 23.8 Å². The summed E-state index contributed by atoms with van der Waals surface area (Å²) in [7, 11) is 1.48. The Morgan fingerprint density at radius 1 is 1.47 bits per heavy atom. The van der Waals surface area contributed by atoms with E-state index in [2.05, 4.69) is 0 Å². The molecule has 0 heterocycles. The first-order chi connectivity index (χ1) is 7.10. The first kappa shape index (κ1) is 11.8. The van der Waals surface area contributed by atoms with Crippen LogP contribution in [0.1, 0.15) is 24.9 Å². The quantitative estimate of drug-likeness (QED) is 0.698. The molecule has 0 fully saturated rings. The summed E-state index contributed by atoms with van der Waals surface area (Å²) < 4.78 is 4.91. The highest BCUT2D eigenvalue weighted by Crippen LogP contribution is 2.29. The van der Waals surface area contributed by atoms with Crippen LogP contribution in [0.4, 0.5) is 0 Å². The second kappa shape index (κ2) is 5.00. The van der Waals surface area contributed by atoms with Crippen molar-refractivity contribution < 1.29 is 14.9 Å². The van der Waals surface area contributed by atoms with E-state index in [1.54, 1.807) is 12.1 Å². The standard InChI is InChI=1S/C11H17NO3/c1-3-8(13)11(12)7-4-5-10(15-2)9(14)6-7/h4-6,8,11,13-14H,3,12H2,1-2H3/t8-,11+/m0/s1. The van der Waals surface area contributed by atoms with E-state index in [1.165, 1.54) is 13.2 Å². The average molecular weight is 211 g/mol. The summed E-state index contributed by atoms with van der Waals surface area (Å²) in [5.74, 6) is 0.436. The minimum absolute atomic E-state index is 0.0359. The molecule has 15 heavy (non-hydrogen) atoms. The van der Waals surface area contributed by atoms with Gasteiger partial charge in [0.05, 0.1) is 19.3 Å². The maximum atomic E-state index is 9.56. The monoisotopic (exact) mass is 211 g/mol. The molecule has 0 aliphatic carbocycles. The number of phenols is 1. The molecule has 0 saturated heterocycles. The summed E-state index contributed by atoms with van der Waals surface area (Å²) in [6.07, 6.45) is -0.0219. The lowest BCUT2D eigenvalue weighted by Gasteiger charge is -2.18. The number of hydrogen-bond donors (Lipinski definition) is 3. The summed E-state index contributed by atoms with van der Waals surface area (Å²) in [6, 6.07) is 4.41. The molecule has 0 radical (unpaired) electrons. The molecule has 4 N–H and O–H groups in total. The van der Waals surface area contributed by atoms with Crippen LogP contribution in [0.15, 0.2) is 18.2 Å². The van der Waals surface area contributed by atoms with E-state index < -0.39 is 12.1 Å². The Labute approximate surface area is 89.3 Å². The van der Waals surface area contributed by atoms with Gasteiger partial charge in [-0.15, -0.1) is 0 Å². The zero-order valence-electron chi connectivity index (χ0n) is 8.97. The van der Waals surface area contributed by atoms with Gasteiger partial charge in [-0.05, 0) is 24.1 Å². The van der Waals surface area contributed by atoms with E-state index in [0.29, 0.717) is 17.7 Å². The number of rotatable bonds is 4. The number of benzene rings is 1. The van der Waals surface area contributed by atoms with Crippen molar-refractivity contribution in [3.8, 4) is 11.5 Å². The largest absolute Gasteiger partial charge is 0.504 e. The molecule has 2 atom stereocenters. The van der Waals surface area contributed by atoms with E-state index in [4.69, 9.17) is 10.5 Å². The third-order valence-corrected chi connectivity index (χ3v) is 2.42. The van der Waals surface area contributed by atoms with Crippen molar-refractivity contribution in [2.24, 2.45) is 5.73 Å². The summed E-state index contributed by atoms with van der Waals surface area (Å²) in [4.78, 5) is 0. The minimum Gasteiger partial charge on any atom is -0.504 e. The molecule has 0 unspecified atom stereocenters. The molecule has 1 aromatic carbocycles. The van der Waals surface area contributed by atoms with E-state index in [0.717, 1.165) is 0 Å². The second-order valence-corrected chi connectivity index (χ2v) is 3.43. The lowest BCUT2D eigenvalue weighted by Crippen LogP contribution is -2.25. The van der Waals surface area contributed by atoms with E-state index in [-0.39, 0.29) is 5.75 Å². The van der Waals surface area contributed by atoms with Crippen molar-refractivity contribution in [3.63, 3.8) is 0 Å². The van der Waals surface area contributed by atoms with Gasteiger partial charge in [-0.2, -0.15) is 0 Å². The topological polar surface area (TPSA) is 75.7 Å². The molecule has 1 aromatic rings. The number of methoxy groups -OCH3 is 1. The van der Waals surface area contributed by atoms with Crippen LogP contribution in [0.3, 0.4) is 0 Å². The lowest BCUT2D eigenvalue weighted by molar-refractivity contribution is 0.140.